The Hall–Kier alpha value is -1.32. The van der Waals surface area contributed by atoms with Crippen LogP contribution in [-0.4, -0.2) is 6.54 Å². The fourth-order valence-corrected chi connectivity index (χ4v) is 3.04. The summed E-state index contributed by atoms with van der Waals surface area (Å²) >= 11 is 3.54. The Morgan fingerprint density at radius 1 is 1.15 bits per heavy atom. The van der Waals surface area contributed by atoms with Gasteiger partial charge in [-0.05, 0) is 61.2 Å². The van der Waals surface area contributed by atoms with Crippen molar-refractivity contribution in [3.63, 3.8) is 0 Å². The number of halogens is 1. The molecule has 2 aromatic carbocycles. The van der Waals surface area contributed by atoms with Crippen molar-refractivity contribution in [1.82, 2.24) is 0 Å². The summed E-state index contributed by atoms with van der Waals surface area (Å²) in [4.78, 5) is 0. The van der Waals surface area contributed by atoms with Crippen LogP contribution in [0.1, 0.15) is 28.3 Å². The quantitative estimate of drug-likeness (QED) is 0.865. The number of hydrogen-bond donors (Lipinski definition) is 2. The minimum Gasteiger partial charge on any atom is -0.377 e. The summed E-state index contributed by atoms with van der Waals surface area (Å²) in [6, 6.07) is 12.8. The van der Waals surface area contributed by atoms with Gasteiger partial charge in [-0.1, -0.05) is 34.1 Å². The minimum absolute atomic E-state index is 0.128. The van der Waals surface area contributed by atoms with Gasteiger partial charge in [0.1, 0.15) is 0 Å². The molecule has 1 unspecified atom stereocenters. The van der Waals surface area contributed by atoms with Crippen LogP contribution in [0.4, 0.5) is 5.69 Å². The van der Waals surface area contributed by atoms with Gasteiger partial charge in [0, 0.05) is 16.7 Å². The summed E-state index contributed by atoms with van der Waals surface area (Å²) in [5, 5.41) is 3.54. The largest absolute Gasteiger partial charge is 0.377 e. The molecule has 3 N–H and O–H groups in total. The Labute approximate surface area is 129 Å². The summed E-state index contributed by atoms with van der Waals surface area (Å²) in [6.07, 6.45) is 0. The molecule has 2 rings (SSSR count). The Morgan fingerprint density at radius 2 is 1.90 bits per heavy atom. The second-order valence-corrected chi connectivity index (χ2v) is 6.15. The van der Waals surface area contributed by atoms with E-state index in [1.807, 2.05) is 0 Å². The molecule has 0 saturated carbocycles. The van der Waals surface area contributed by atoms with Gasteiger partial charge in [0.15, 0.2) is 0 Å². The molecule has 0 bridgehead atoms. The summed E-state index contributed by atoms with van der Waals surface area (Å²) in [6.45, 7) is 6.94. The third-order valence-corrected chi connectivity index (χ3v) is 4.10. The van der Waals surface area contributed by atoms with Crippen LogP contribution in [0.2, 0.25) is 0 Å². The van der Waals surface area contributed by atoms with Crippen LogP contribution in [0.3, 0.4) is 0 Å². The van der Waals surface area contributed by atoms with Crippen molar-refractivity contribution < 1.29 is 0 Å². The molecule has 0 amide bonds. The minimum atomic E-state index is 0.128. The zero-order valence-electron chi connectivity index (χ0n) is 12.2. The van der Waals surface area contributed by atoms with Crippen LogP contribution in [0, 0.1) is 20.8 Å². The second-order valence-electron chi connectivity index (χ2n) is 5.24. The normalized spacial score (nSPS) is 12.2. The molecule has 0 heterocycles. The lowest BCUT2D eigenvalue weighted by Crippen LogP contribution is -2.21. The summed E-state index contributed by atoms with van der Waals surface area (Å²) in [5.41, 5.74) is 12.2. The van der Waals surface area contributed by atoms with Crippen LogP contribution in [0.25, 0.3) is 0 Å². The molecule has 0 aliphatic carbocycles. The molecule has 3 heteroatoms. The molecule has 20 heavy (non-hydrogen) atoms. The molecule has 2 nitrogen and oxygen atoms in total. The SMILES string of the molecule is Cc1cc(Br)cc(NC(CN)c2cccc(C)c2C)c1. The van der Waals surface area contributed by atoms with E-state index in [0.717, 1.165) is 10.2 Å². The van der Waals surface area contributed by atoms with E-state index in [-0.39, 0.29) is 6.04 Å². The van der Waals surface area contributed by atoms with E-state index in [1.54, 1.807) is 0 Å². The number of rotatable bonds is 4. The third kappa shape index (κ3) is 3.41. The number of nitrogens with two attached hydrogens (primary N) is 1. The Morgan fingerprint density at radius 3 is 2.55 bits per heavy atom. The van der Waals surface area contributed by atoms with Gasteiger partial charge in [0.05, 0.1) is 6.04 Å². The zero-order chi connectivity index (χ0) is 14.7. The van der Waals surface area contributed by atoms with E-state index in [4.69, 9.17) is 5.73 Å². The van der Waals surface area contributed by atoms with Crippen molar-refractivity contribution in [3.8, 4) is 0 Å². The monoisotopic (exact) mass is 332 g/mol. The fourth-order valence-electron chi connectivity index (χ4n) is 2.44. The van der Waals surface area contributed by atoms with E-state index >= 15 is 0 Å². The summed E-state index contributed by atoms with van der Waals surface area (Å²) in [7, 11) is 0. The molecule has 0 aliphatic rings. The van der Waals surface area contributed by atoms with Crippen molar-refractivity contribution in [1.29, 1.82) is 0 Å². The van der Waals surface area contributed by atoms with Crippen LogP contribution in [-0.2, 0) is 0 Å². The van der Waals surface area contributed by atoms with Crippen LogP contribution < -0.4 is 11.1 Å². The van der Waals surface area contributed by atoms with Crippen molar-refractivity contribution in [2.45, 2.75) is 26.8 Å². The number of aryl methyl sites for hydroxylation is 2. The molecular formula is C17H21BrN2. The summed E-state index contributed by atoms with van der Waals surface area (Å²) in [5.74, 6) is 0. The lowest BCUT2D eigenvalue weighted by molar-refractivity contribution is 0.782. The maximum Gasteiger partial charge on any atom is 0.0638 e. The number of anilines is 1. The molecular weight excluding hydrogens is 312 g/mol. The first-order valence-corrected chi connectivity index (χ1v) is 7.60. The van der Waals surface area contributed by atoms with E-state index in [9.17, 15) is 0 Å². The van der Waals surface area contributed by atoms with Crippen LogP contribution in [0.5, 0.6) is 0 Å². The molecule has 0 saturated heterocycles. The molecule has 106 valence electrons. The van der Waals surface area contributed by atoms with Gasteiger partial charge in [0.25, 0.3) is 0 Å². The van der Waals surface area contributed by atoms with E-state index in [2.05, 4.69) is 78.4 Å². The van der Waals surface area contributed by atoms with Gasteiger partial charge in [0.2, 0.25) is 0 Å². The number of nitrogens with one attached hydrogen (secondary N) is 1. The second kappa shape index (κ2) is 6.42. The topological polar surface area (TPSA) is 38.0 Å². The maximum atomic E-state index is 5.97. The molecule has 0 spiro atoms. The highest BCUT2D eigenvalue weighted by Gasteiger charge is 2.13. The number of hydrogen-bond acceptors (Lipinski definition) is 2. The molecule has 0 aromatic heterocycles. The lowest BCUT2D eigenvalue weighted by Gasteiger charge is -2.22. The first-order valence-electron chi connectivity index (χ1n) is 6.81. The Kier molecular flexibility index (Phi) is 4.84. The van der Waals surface area contributed by atoms with Gasteiger partial charge in [-0.15, -0.1) is 0 Å². The Bertz CT molecular complexity index is 588. The standard InChI is InChI=1S/C17H21BrN2/c1-11-7-14(18)9-15(8-11)20-17(10-19)16-6-4-5-12(2)13(16)3/h4-9,17,20H,10,19H2,1-3H3. The summed E-state index contributed by atoms with van der Waals surface area (Å²) < 4.78 is 1.08. The molecule has 1 atom stereocenters. The van der Waals surface area contributed by atoms with E-state index in [0.29, 0.717) is 6.54 Å². The smallest absolute Gasteiger partial charge is 0.0638 e. The first-order chi connectivity index (χ1) is 9.51. The average Bonchev–Trinajstić information content (AvgIpc) is 2.38. The highest BCUT2D eigenvalue weighted by Crippen LogP contribution is 2.26. The Balaban J connectivity index is 2.31. The number of benzene rings is 2. The zero-order valence-corrected chi connectivity index (χ0v) is 13.8. The third-order valence-electron chi connectivity index (χ3n) is 3.64. The van der Waals surface area contributed by atoms with E-state index < -0.39 is 0 Å². The predicted molar refractivity (Wildman–Crippen MR) is 90.2 cm³/mol. The molecule has 0 fully saturated rings. The van der Waals surface area contributed by atoms with Gasteiger partial charge < -0.3 is 11.1 Å². The average molecular weight is 333 g/mol. The maximum absolute atomic E-state index is 5.97. The predicted octanol–water partition coefficient (Wildman–Crippen LogP) is 4.49. The first kappa shape index (κ1) is 15.1. The highest BCUT2D eigenvalue weighted by atomic mass is 79.9. The van der Waals surface area contributed by atoms with Crippen molar-refractivity contribution >= 4 is 21.6 Å². The van der Waals surface area contributed by atoms with Crippen molar-refractivity contribution in [3.05, 3.63) is 63.1 Å². The highest BCUT2D eigenvalue weighted by molar-refractivity contribution is 9.10. The van der Waals surface area contributed by atoms with Crippen LogP contribution in [0.15, 0.2) is 40.9 Å². The van der Waals surface area contributed by atoms with E-state index in [1.165, 1.54) is 22.3 Å². The fraction of sp³-hybridized carbons (Fsp3) is 0.294. The lowest BCUT2D eigenvalue weighted by atomic mass is 9.97. The van der Waals surface area contributed by atoms with Crippen molar-refractivity contribution in [2.75, 3.05) is 11.9 Å². The van der Waals surface area contributed by atoms with Crippen molar-refractivity contribution in [2.24, 2.45) is 5.73 Å². The van der Waals surface area contributed by atoms with Gasteiger partial charge >= 0.3 is 0 Å². The van der Waals surface area contributed by atoms with Gasteiger partial charge in [-0.25, -0.2) is 0 Å². The molecule has 0 aliphatic heterocycles. The van der Waals surface area contributed by atoms with Crippen LogP contribution >= 0.6 is 15.9 Å². The molecule has 0 radical (unpaired) electrons. The molecule has 2 aromatic rings. The van der Waals surface area contributed by atoms with Gasteiger partial charge in [-0.2, -0.15) is 0 Å². The van der Waals surface area contributed by atoms with Gasteiger partial charge in [-0.3, -0.25) is 0 Å².